The molecule has 7 fully saturated rings. The zero-order valence-corrected chi connectivity index (χ0v) is 81.3. The van der Waals surface area contributed by atoms with Gasteiger partial charge in [-0.2, -0.15) is 0 Å². The number of carbonyl (C=O) groups is 4. The summed E-state index contributed by atoms with van der Waals surface area (Å²) < 4.78 is 35.0. The van der Waals surface area contributed by atoms with E-state index in [1.165, 1.54) is 0 Å². The summed E-state index contributed by atoms with van der Waals surface area (Å²) in [5.41, 5.74) is 5.64. The van der Waals surface area contributed by atoms with Crippen LogP contribution in [0, 0.1) is 27.2 Å². The van der Waals surface area contributed by atoms with Gasteiger partial charge in [0.2, 0.25) is 17.7 Å². The highest BCUT2D eigenvalue weighted by atomic mass is 127. The third kappa shape index (κ3) is 26.8. The van der Waals surface area contributed by atoms with Crippen molar-refractivity contribution in [2.75, 3.05) is 171 Å². The van der Waals surface area contributed by atoms with E-state index in [0.29, 0.717) is 193 Å². The molecule has 3 amide bonds. The fourth-order valence-corrected chi connectivity index (χ4v) is 20.8. The average molecular weight is 2090 g/mol. The van der Waals surface area contributed by atoms with Gasteiger partial charge in [0.15, 0.2) is 34.5 Å². The number of ether oxygens (including phenoxy) is 6. The van der Waals surface area contributed by atoms with Crippen LogP contribution in [-0.2, 0) is 19.2 Å². The first-order valence-electron chi connectivity index (χ1n) is 44.2. The van der Waals surface area contributed by atoms with Crippen molar-refractivity contribution >= 4 is 185 Å². The predicted molar refractivity (Wildman–Crippen MR) is 524 cm³/mol. The highest BCUT2D eigenvalue weighted by molar-refractivity contribution is 14.1. The number of aliphatic carboxylic acids is 1. The second-order valence-electron chi connectivity index (χ2n) is 33.9. The molecule has 8 aromatic carbocycles. The largest absolute Gasteiger partial charge is 0.486 e. The molecule has 18 rings (SSSR count). The Balaban J connectivity index is 0.000000139. The van der Waals surface area contributed by atoms with Crippen LogP contribution in [0.3, 0.4) is 0 Å². The Morgan fingerprint density at radius 3 is 0.815 bits per heavy atom. The lowest BCUT2D eigenvalue weighted by Crippen LogP contribution is -2.48. The zero-order valence-electron chi connectivity index (χ0n) is 71.6. The number of carboxylic acids is 1. The molecular weight excluding hydrogens is 1990 g/mol. The van der Waals surface area contributed by atoms with Crippen molar-refractivity contribution in [3.63, 3.8) is 0 Å². The molecule has 0 bridgehead atoms. The van der Waals surface area contributed by atoms with Crippen LogP contribution < -0.4 is 64.0 Å². The summed E-state index contributed by atoms with van der Waals surface area (Å²) in [5.74, 6) is 2.20. The molecule has 24 nitrogen and oxygen atoms in total. The number of carbonyl (C=O) groups excluding carboxylic acids is 3. The molecule has 10 aliphatic rings. The Bertz CT molecular complexity index is 4820. The van der Waals surface area contributed by atoms with Gasteiger partial charge in [0.05, 0.1) is 89.7 Å². The van der Waals surface area contributed by atoms with Crippen LogP contribution in [0.5, 0.6) is 34.5 Å². The number of amides is 3. The molecule has 0 spiro atoms. The number of aliphatic hydroxyl groups excluding tert-OH is 3. The van der Waals surface area contributed by atoms with Gasteiger partial charge in [-0.1, -0.05) is 134 Å². The maximum absolute atomic E-state index is 13.3. The Morgan fingerprint density at radius 1 is 0.323 bits per heavy atom. The number of likely N-dealkylation sites (tertiary alicyclic amines) is 3. The monoisotopic (exact) mass is 2090 g/mol. The van der Waals surface area contributed by atoms with Gasteiger partial charge in [0.25, 0.3) is 0 Å². The number of nitrogens with one attached hydrogen (secondary N) is 3. The van der Waals surface area contributed by atoms with Crippen LogP contribution in [0.4, 0.5) is 22.7 Å². The molecule has 10 aliphatic heterocycles. The van der Waals surface area contributed by atoms with Crippen LogP contribution >= 0.6 is 139 Å². The zero-order chi connectivity index (χ0) is 91.6. The van der Waals surface area contributed by atoms with E-state index in [1.54, 1.807) is 36.4 Å². The molecule has 35 heteroatoms. The number of aliphatic hydroxyl groups is 3. The van der Waals surface area contributed by atoms with Crippen molar-refractivity contribution in [1.82, 2.24) is 30.7 Å². The molecule has 10 heterocycles. The van der Waals surface area contributed by atoms with E-state index in [4.69, 9.17) is 150 Å². The van der Waals surface area contributed by atoms with Gasteiger partial charge in [0.1, 0.15) is 58.0 Å². The SMILES string of the molecule is Clc1ccc(I)c(Cl)c1.O=C(N[C@H](CN1CCCC1)[C@H](O)c1ccc2c(c1)OCCO2)C1CCN(c2ccc(Cl)cc2Cl)C1.O=C(N[C@H](CN1CCCC1)[C@H](O)c1ccc2c(c1)OCCO2)[C@@H]1CCN(c2ccc(Cl)cc2Cl)C1.O=C(N[C@H](CN1CCCC1)[C@H](O)c1ccc2c(c1)OCCO2)[C@H]1CCN(c2ccc(Cl)cc2Cl)C1.O=C(O)C1CCN(c2ccc(Cl)cc2Cl)C1. The molecule has 0 saturated carbocycles. The predicted octanol–water partition coefficient (Wildman–Crippen LogP) is 18.2. The van der Waals surface area contributed by atoms with Crippen LogP contribution in [0.15, 0.2) is 146 Å². The van der Waals surface area contributed by atoms with E-state index < -0.39 is 42.4 Å². The normalized spacial score (nSPS) is 20.7. The fourth-order valence-electron chi connectivity index (χ4n) is 17.9. The summed E-state index contributed by atoms with van der Waals surface area (Å²) in [5, 5.41) is 58.5. The van der Waals surface area contributed by atoms with Crippen LogP contribution in [0.25, 0.3) is 0 Å². The van der Waals surface area contributed by atoms with Gasteiger partial charge < -0.3 is 99.1 Å². The highest BCUT2D eigenvalue weighted by Crippen LogP contribution is 2.42. The van der Waals surface area contributed by atoms with Crippen molar-refractivity contribution in [3.8, 4) is 34.5 Å². The second kappa shape index (κ2) is 47.5. The third-order valence-electron chi connectivity index (χ3n) is 24.9. The van der Waals surface area contributed by atoms with Crippen molar-refractivity contribution < 1.29 is 68.0 Å². The number of nitrogens with zero attached hydrogens (tertiary/aromatic N) is 7. The molecule has 130 heavy (non-hydrogen) atoms. The van der Waals surface area contributed by atoms with Gasteiger partial charge in [-0.25, -0.2) is 0 Å². The van der Waals surface area contributed by atoms with E-state index in [2.05, 4.69) is 67.9 Å². The molecule has 698 valence electrons. The maximum atomic E-state index is 13.3. The summed E-state index contributed by atoms with van der Waals surface area (Å²) in [6.07, 6.45) is 7.08. The standard InChI is InChI=1S/3C26H31Cl2N3O4.C11H11Cl2NO2.C6H3Cl2I/c3*27-19-4-5-22(20(28)14-19)31-10-7-18(15-31)26(33)29-21(16-30-8-1-2-9-30)25(32)17-3-6-23-24(13-17)35-12-11-34-23;12-8-1-2-10(9(13)5-8)14-4-3-7(6-14)11(15)16;7-4-1-2-6(9)5(8)3-4/h3*3-6,13-14,18,21,25,32H,1-2,7-12,15-16H2,(H,29,33);1-2,5,7H,3-4,6H2,(H,15,16);1-3H/t18?,21-,25-;18-,21+,25+;18-,21-,25-;;/m101../s1. The number of rotatable bonds is 23. The van der Waals surface area contributed by atoms with Crippen molar-refractivity contribution in [3.05, 3.63) is 216 Å². The summed E-state index contributed by atoms with van der Waals surface area (Å²) in [6, 6.07) is 42.2. The number of fused-ring (bicyclic) bond motifs is 3. The minimum atomic E-state index is -0.862. The van der Waals surface area contributed by atoms with Crippen molar-refractivity contribution in [1.29, 1.82) is 0 Å². The topological polar surface area (TPSA) is 263 Å². The Morgan fingerprint density at radius 2 is 0.569 bits per heavy atom. The van der Waals surface area contributed by atoms with Gasteiger partial charge in [0, 0.05) is 101 Å². The lowest BCUT2D eigenvalue weighted by atomic mass is 9.99. The Hall–Kier alpha value is -6.97. The molecule has 0 aliphatic carbocycles. The Kier molecular flexibility index (Phi) is 36.2. The van der Waals surface area contributed by atoms with Gasteiger partial charge in [-0.05, 0) is 270 Å². The smallest absolute Gasteiger partial charge is 0.308 e. The van der Waals surface area contributed by atoms with Gasteiger partial charge in [-0.3, -0.25) is 19.2 Å². The molecule has 0 aromatic heterocycles. The fraction of sp³-hybridized carbons (Fsp3) is 0.453. The number of hydrogen-bond acceptors (Lipinski definition) is 20. The third-order valence-corrected chi connectivity index (χ3v) is 28.9. The van der Waals surface area contributed by atoms with Crippen molar-refractivity contribution in [2.45, 2.75) is 101 Å². The van der Waals surface area contributed by atoms with E-state index >= 15 is 0 Å². The number of halogens is 11. The maximum Gasteiger partial charge on any atom is 0.308 e. The summed E-state index contributed by atoms with van der Waals surface area (Å²) in [4.78, 5) is 66.1. The molecule has 10 atom stereocenters. The minimum absolute atomic E-state index is 0.0432. The molecule has 7 saturated heterocycles. The highest BCUT2D eigenvalue weighted by Gasteiger charge is 2.39. The Labute approximate surface area is 822 Å². The minimum Gasteiger partial charge on any atom is -0.486 e. The van der Waals surface area contributed by atoms with E-state index in [0.717, 1.165) is 150 Å². The molecular formula is C95H107Cl10IN10O14. The number of anilines is 4. The van der Waals surface area contributed by atoms with Gasteiger partial charge >= 0.3 is 5.97 Å². The second-order valence-corrected chi connectivity index (χ2v) is 39.3. The summed E-state index contributed by atoms with van der Waals surface area (Å²) in [6.45, 7) is 15.8. The molecule has 7 N–H and O–H groups in total. The first-order valence-corrected chi connectivity index (χ1v) is 49.0. The lowest BCUT2D eigenvalue weighted by molar-refractivity contribution is -0.141. The first-order chi connectivity index (χ1) is 62.7. The van der Waals surface area contributed by atoms with Crippen LogP contribution in [-0.4, -0.2) is 228 Å². The first kappa shape index (κ1) is 99.0. The quantitative estimate of drug-likeness (QED) is 0.0232. The van der Waals surface area contributed by atoms with Gasteiger partial charge in [-0.15, -0.1) is 0 Å². The number of benzene rings is 8. The number of carboxylic acid groups (broad SMARTS) is 1. The number of hydrogen-bond donors (Lipinski definition) is 7. The van der Waals surface area contributed by atoms with E-state index in [9.17, 15) is 34.5 Å². The molecule has 8 aromatic rings. The van der Waals surface area contributed by atoms with Crippen molar-refractivity contribution in [2.24, 2.45) is 23.7 Å². The lowest BCUT2D eigenvalue weighted by Gasteiger charge is -2.30. The molecule has 2 unspecified atom stereocenters. The molecule has 0 radical (unpaired) electrons. The van der Waals surface area contributed by atoms with Crippen LogP contribution in [0.2, 0.25) is 50.2 Å². The summed E-state index contributed by atoms with van der Waals surface area (Å²) >= 11 is 62.7. The average Bonchev–Trinajstić information content (AvgIpc) is 1.58. The van der Waals surface area contributed by atoms with E-state index in [1.807, 2.05) is 114 Å². The van der Waals surface area contributed by atoms with Crippen LogP contribution in [0.1, 0.15) is 99.2 Å². The van der Waals surface area contributed by atoms with E-state index in [-0.39, 0.29) is 41.4 Å². The summed E-state index contributed by atoms with van der Waals surface area (Å²) in [7, 11) is 0.